The van der Waals surface area contributed by atoms with Crippen molar-refractivity contribution in [3.63, 3.8) is 0 Å². The minimum Gasteiger partial charge on any atom is -0.398 e. The van der Waals surface area contributed by atoms with E-state index < -0.39 is 10.0 Å². The predicted octanol–water partition coefficient (Wildman–Crippen LogP) is 3.27. The van der Waals surface area contributed by atoms with E-state index in [1.807, 2.05) is 0 Å². The first-order valence-electron chi connectivity index (χ1n) is 6.96. The van der Waals surface area contributed by atoms with Gasteiger partial charge in [0.05, 0.1) is 15.6 Å². The fourth-order valence-electron chi connectivity index (χ4n) is 2.65. The van der Waals surface area contributed by atoms with Crippen LogP contribution in [0.5, 0.6) is 0 Å². The molecule has 2 rings (SSSR count). The number of nitrogens with two attached hydrogens (primary N) is 1. The molecule has 20 heavy (non-hydrogen) atoms. The summed E-state index contributed by atoms with van der Waals surface area (Å²) in [5.41, 5.74) is 6.02. The summed E-state index contributed by atoms with van der Waals surface area (Å²) in [6, 6.07) is 4.57. The molecule has 0 amide bonds. The van der Waals surface area contributed by atoms with Crippen molar-refractivity contribution in [1.29, 1.82) is 0 Å². The highest BCUT2D eigenvalue weighted by molar-refractivity contribution is 7.89. The third kappa shape index (κ3) is 3.27. The topological polar surface area (TPSA) is 63.4 Å². The molecule has 1 aromatic carbocycles. The first kappa shape index (κ1) is 15.6. The van der Waals surface area contributed by atoms with E-state index in [2.05, 4.69) is 0 Å². The molecule has 0 aliphatic heterocycles. The Hall–Kier alpha value is -0.780. The van der Waals surface area contributed by atoms with Crippen LogP contribution >= 0.6 is 11.6 Å². The van der Waals surface area contributed by atoms with Crippen LogP contribution in [0.2, 0.25) is 5.02 Å². The van der Waals surface area contributed by atoms with Crippen molar-refractivity contribution >= 4 is 27.3 Å². The first-order valence-corrected chi connectivity index (χ1v) is 8.78. The summed E-state index contributed by atoms with van der Waals surface area (Å²) in [6.07, 6.45) is 6.42. The number of nitrogen functional groups attached to an aromatic ring is 1. The van der Waals surface area contributed by atoms with Crippen molar-refractivity contribution in [2.24, 2.45) is 0 Å². The second-order valence-corrected chi connectivity index (χ2v) is 7.75. The highest BCUT2D eigenvalue weighted by Gasteiger charge is 2.28. The number of nitrogens with zero attached hydrogens (tertiary/aromatic N) is 1. The quantitative estimate of drug-likeness (QED) is 0.687. The van der Waals surface area contributed by atoms with Gasteiger partial charge in [0.1, 0.15) is 0 Å². The van der Waals surface area contributed by atoms with Crippen LogP contribution in [0, 0.1) is 0 Å². The van der Waals surface area contributed by atoms with E-state index in [1.54, 1.807) is 7.05 Å². The van der Waals surface area contributed by atoms with E-state index >= 15 is 0 Å². The maximum Gasteiger partial charge on any atom is 0.243 e. The van der Waals surface area contributed by atoms with Crippen LogP contribution in [0.3, 0.4) is 0 Å². The van der Waals surface area contributed by atoms with Crippen LogP contribution in [0.4, 0.5) is 5.69 Å². The molecule has 1 aliphatic rings. The van der Waals surface area contributed by atoms with Gasteiger partial charge in [-0.3, -0.25) is 0 Å². The summed E-state index contributed by atoms with van der Waals surface area (Å²) in [4.78, 5) is 0.212. The Bertz CT molecular complexity index is 567. The normalized spacial score (nSPS) is 18.1. The lowest BCUT2D eigenvalue weighted by Crippen LogP contribution is -2.36. The molecular formula is C14H21ClN2O2S. The molecule has 1 aliphatic carbocycles. The predicted molar refractivity (Wildman–Crippen MR) is 82.3 cm³/mol. The summed E-state index contributed by atoms with van der Waals surface area (Å²) in [5.74, 6) is 0. The van der Waals surface area contributed by atoms with Gasteiger partial charge in [-0.15, -0.1) is 0 Å². The fraction of sp³-hybridized carbons (Fsp3) is 0.571. The van der Waals surface area contributed by atoms with Gasteiger partial charge in [-0.1, -0.05) is 37.3 Å². The van der Waals surface area contributed by atoms with Gasteiger partial charge in [-0.2, -0.15) is 4.31 Å². The van der Waals surface area contributed by atoms with E-state index in [0.29, 0.717) is 5.69 Å². The first-order chi connectivity index (χ1) is 9.43. The van der Waals surface area contributed by atoms with Gasteiger partial charge in [0.2, 0.25) is 10.0 Å². The van der Waals surface area contributed by atoms with Crippen molar-refractivity contribution in [3.8, 4) is 0 Å². The minimum absolute atomic E-state index is 0.0822. The van der Waals surface area contributed by atoms with Crippen LogP contribution in [-0.2, 0) is 10.0 Å². The molecule has 0 heterocycles. The highest BCUT2D eigenvalue weighted by Crippen LogP contribution is 2.28. The molecule has 1 aromatic rings. The average Bonchev–Trinajstić information content (AvgIpc) is 2.69. The Morgan fingerprint density at radius 2 is 1.80 bits per heavy atom. The van der Waals surface area contributed by atoms with E-state index in [-0.39, 0.29) is 16.0 Å². The lowest BCUT2D eigenvalue weighted by molar-refractivity contribution is 0.336. The third-order valence-electron chi connectivity index (χ3n) is 3.99. The molecule has 4 nitrogen and oxygen atoms in total. The molecule has 2 N–H and O–H groups in total. The molecule has 0 atom stereocenters. The van der Waals surface area contributed by atoms with Crippen molar-refractivity contribution in [2.75, 3.05) is 12.8 Å². The van der Waals surface area contributed by atoms with Crippen LogP contribution in [0.15, 0.2) is 23.1 Å². The van der Waals surface area contributed by atoms with Crippen LogP contribution < -0.4 is 5.73 Å². The second kappa shape index (κ2) is 6.33. The number of rotatable bonds is 3. The summed E-state index contributed by atoms with van der Waals surface area (Å²) in [5, 5.41) is 0.278. The van der Waals surface area contributed by atoms with Crippen molar-refractivity contribution in [1.82, 2.24) is 4.31 Å². The molecule has 0 spiro atoms. The average molecular weight is 317 g/mol. The Balaban J connectivity index is 2.26. The molecule has 0 aromatic heterocycles. The number of anilines is 1. The highest BCUT2D eigenvalue weighted by atomic mass is 35.5. The Labute approximate surface area is 126 Å². The second-order valence-electron chi connectivity index (χ2n) is 5.35. The number of halogens is 1. The molecule has 1 fully saturated rings. The van der Waals surface area contributed by atoms with Crippen molar-refractivity contribution in [3.05, 3.63) is 23.2 Å². The molecule has 0 bridgehead atoms. The summed E-state index contributed by atoms with van der Waals surface area (Å²) in [7, 11) is -1.84. The molecule has 6 heteroatoms. The van der Waals surface area contributed by atoms with Gasteiger partial charge >= 0.3 is 0 Å². The number of benzene rings is 1. The Kier molecular flexibility index (Phi) is 4.94. The summed E-state index contributed by atoms with van der Waals surface area (Å²) < 4.78 is 26.8. The monoisotopic (exact) mass is 316 g/mol. The number of hydrogen-bond donors (Lipinski definition) is 1. The molecular weight excluding hydrogens is 296 g/mol. The number of sulfonamides is 1. The molecule has 0 unspecified atom stereocenters. The zero-order valence-corrected chi connectivity index (χ0v) is 13.3. The zero-order valence-electron chi connectivity index (χ0n) is 11.7. The minimum atomic E-state index is -3.50. The Morgan fingerprint density at radius 1 is 1.20 bits per heavy atom. The maximum absolute atomic E-state index is 12.6. The molecule has 0 saturated heterocycles. The van der Waals surface area contributed by atoms with Gasteiger partial charge in [-0.25, -0.2) is 8.42 Å². The van der Waals surface area contributed by atoms with Crippen molar-refractivity contribution < 1.29 is 8.42 Å². The fourth-order valence-corrected chi connectivity index (χ4v) is 4.34. The summed E-state index contributed by atoms with van der Waals surface area (Å²) in [6.45, 7) is 0. The van der Waals surface area contributed by atoms with Gasteiger partial charge < -0.3 is 5.73 Å². The van der Waals surface area contributed by atoms with Crippen LogP contribution in [0.25, 0.3) is 0 Å². The van der Waals surface area contributed by atoms with E-state index in [0.717, 1.165) is 25.7 Å². The third-order valence-corrected chi connectivity index (χ3v) is 6.22. The van der Waals surface area contributed by atoms with Gasteiger partial charge in [0, 0.05) is 13.1 Å². The van der Waals surface area contributed by atoms with E-state index in [9.17, 15) is 8.42 Å². The SMILES string of the molecule is CN(C1CCCCCC1)S(=O)(=O)c1ccc(N)c(Cl)c1. The van der Waals surface area contributed by atoms with Gasteiger partial charge in [0.15, 0.2) is 0 Å². The smallest absolute Gasteiger partial charge is 0.243 e. The van der Waals surface area contributed by atoms with Gasteiger partial charge in [0.25, 0.3) is 0 Å². The van der Waals surface area contributed by atoms with Crippen LogP contribution in [-0.4, -0.2) is 25.8 Å². The Morgan fingerprint density at radius 3 is 2.35 bits per heavy atom. The van der Waals surface area contributed by atoms with Crippen LogP contribution in [0.1, 0.15) is 38.5 Å². The molecule has 1 saturated carbocycles. The maximum atomic E-state index is 12.6. The van der Waals surface area contributed by atoms with E-state index in [1.165, 1.54) is 35.3 Å². The van der Waals surface area contributed by atoms with Gasteiger partial charge in [-0.05, 0) is 31.0 Å². The number of hydrogen-bond acceptors (Lipinski definition) is 3. The molecule has 0 radical (unpaired) electrons. The lowest BCUT2D eigenvalue weighted by atomic mass is 10.1. The largest absolute Gasteiger partial charge is 0.398 e. The summed E-state index contributed by atoms with van der Waals surface area (Å²) >= 11 is 5.93. The zero-order chi connectivity index (χ0) is 14.8. The van der Waals surface area contributed by atoms with E-state index in [4.69, 9.17) is 17.3 Å². The lowest BCUT2D eigenvalue weighted by Gasteiger charge is -2.26. The van der Waals surface area contributed by atoms with Crippen molar-refractivity contribution in [2.45, 2.75) is 49.5 Å². The molecule has 112 valence electrons. The standard InChI is InChI=1S/C14H21ClN2O2S/c1-17(11-6-4-2-3-5-7-11)20(18,19)12-8-9-14(16)13(15)10-12/h8-11H,2-7,16H2,1H3.